The van der Waals surface area contributed by atoms with Crippen molar-refractivity contribution in [2.24, 2.45) is 17.8 Å². The van der Waals surface area contributed by atoms with Crippen LogP contribution in [-0.2, 0) is 40.2 Å². The third-order valence-electron chi connectivity index (χ3n) is 10.3. The second-order valence-corrected chi connectivity index (χ2v) is 16.9. The summed E-state index contributed by atoms with van der Waals surface area (Å²) in [5.74, 6) is 0.0901. The largest absolute Gasteiger partial charge is 0.462 e. The smallest absolute Gasteiger partial charge is 0.306 e. The molecule has 1 aliphatic carbocycles. The molecule has 0 aromatic heterocycles. The van der Waals surface area contributed by atoms with Gasteiger partial charge in [-0.3, -0.25) is 4.79 Å². The first kappa shape index (κ1) is 38.0. The molecule has 11 nitrogen and oxygen atoms in total. The van der Waals surface area contributed by atoms with Crippen molar-refractivity contribution in [2.75, 3.05) is 32.9 Å². The fraction of sp³-hybridized carbons (Fsp3) is 0.667. The van der Waals surface area contributed by atoms with E-state index in [1.54, 1.807) is 6.07 Å². The number of aliphatic hydroxyl groups is 1. The van der Waals surface area contributed by atoms with Crippen molar-refractivity contribution < 1.29 is 46.7 Å². The SMILES string of the molecule is CC(C)CN(C[C@@H](O)[C@@H](CC(=O)OC1CC2CCO[C@@H]2C1)Cc1ccccc1)S(=O)(=O)c1ccc(OC2CCCCO2)c(OC2CCCCO2)c1. The number of carbonyl (C=O) groups excluding carboxylic acids is 1. The van der Waals surface area contributed by atoms with Gasteiger partial charge in [0.2, 0.25) is 10.0 Å². The van der Waals surface area contributed by atoms with Crippen LogP contribution >= 0.6 is 0 Å². The summed E-state index contributed by atoms with van der Waals surface area (Å²) >= 11 is 0. The summed E-state index contributed by atoms with van der Waals surface area (Å²) in [6.07, 6.45) is 5.91. The minimum absolute atomic E-state index is 0.0195. The second-order valence-electron chi connectivity index (χ2n) is 14.9. The minimum atomic E-state index is -4.13. The van der Waals surface area contributed by atoms with Crippen molar-refractivity contribution >= 4 is 16.0 Å². The normalized spacial score (nSPS) is 26.5. The Balaban J connectivity index is 1.21. The van der Waals surface area contributed by atoms with Crippen LogP contribution in [0.3, 0.4) is 0 Å². The summed E-state index contributed by atoms with van der Waals surface area (Å²) < 4.78 is 65.9. The van der Waals surface area contributed by atoms with Crippen LogP contribution in [0.2, 0.25) is 0 Å². The highest BCUT2D eigenvalue weighted by Crippen LogP contribution is 2.38. The fourth-order valence-electron chi connectivity index (χ4n) is 7.64. The Labute approximate surface area is 302 Å². The number of fused-ring (bicyclic) bond motifs is 1. The summed E-state index contributed by atoms with van der Waals surface area (Å²) in [4.78, 5) is 13.4. The fourth-order valence-corrected chi connectivity index (χ4v) is 9.27. The van der Waals surface area contributed by atoms with Crippen molar-refractivity contribution in [1.29, 1.82) is 0 Å². The molecule has 6 rings (SSSR count). The number of rotatable bonds is 16. The highest BCUT2D eigenvalue weighted by atomic mass is 32.2. The van der Waals surface area contributed by atoms with Crippen LogP contribution in [0.5, 0.6) is 11.5 Å². The van der Waals surface area contributed by atoms with E-state index in [2.05, 4.69) is 0 Å². The zero-order valence-electron chi connectivity index (χ0n) is 30.0. The monoisotopic (exact) mass is 729 g/mol. The van der Waals surface area contributed by atoms with E-state index in [9.17, 15) is 18.3 Å². The van der Waals surface area contributed by atoms with Crippen LogP contribution in [0.1, 0.15) is 83.6 Å². The molecule has 0 radical (unpaired) electrons. The molecule has 282 valence electrons. The number of benzene rings is 2. The van der Waals surface area contributed by atoms with Gasteiger partial charge < -0.3 is 33.5 Å². The van der Waals surface area contributed by atoms with Crippen LogP contribution < -0.4 is 9.47 Å². The molecule has 3 aliphatic heterocycles. The van der Waals surface area contributed by atoms with Gasteiger partial charge >= 0.3 is 5.97 Å². The number of esters is 1. The predicted octanol–water partition coefficient (Wildman–Crippen LogP) is 5.86. The molecular formula is C39H55NO10S. The highest BCUT2D eigenvalue weighted by Gasteiger charge is 2.41. The van der Waals surface area contributed by atoms with Crippen LogP contribution in [0.15, 0.2) is 53.4 Å². The highest BCUT2D eigenvalue weighted by molar-refractivity contribution is 7.89. The topological polar surface area (TPSA) is 130 Å². The first-order valence-corrected chi connectivity index (χ1v) is 20.3. The molecule has 0 bridgehead atoms. The quantitative estimate of drug-likeness (QED) is 0.210. The number of sulfonamides is 1. The first-order valence-electron chi connectivity index (χ1n) is 18.9. The van der Waals surface area contributed by atoms with Crippen molar-refractivity contribution in [3.8, 4) is 11.5 Å². The molecular weight excluding hydrogens is 674 g/mol. The maximum absolute atomic E-state index is 14.4. The minimum Gasteiger partial charge on any atom is -0.462 e. The van der Waals surface area contributed by atoms with E-state index in [4.69, 9.17) is 28.4 Å². The van der Waals surface area contributed by atoms with Gasteiger partial charge in [-0.05, 0) is 74.5 Å². The van der Waals surface area contributed by atoms with Crippen molar-refractivity contribution in [1.82, 2.24) is 4.31 Å². The van der Waals surface area contributed by atoms with Gasteiger partial charge in [0.25, 0.3) is 0 Å². The average Bonchev–Trinajstić information content (AvgIpc) is 3.72. The zero-order chi connectivity index (χ0) is 35.8. The lowest BCUT2D eigenvalue weighted by molar-refractivity contribution is -0.151. The Hall–Kier alpha value is -2.74. The van der Waals surface area contributed by atoms with E-state index in [1.165, 1.54) is 16.4 Å². The van der Waals surface area contributed by atoms with Crippen molar-refractivity contribution in [3.63, 3.8) is 0 Å². The summed E-state index contributed by atoms with van der Waals surface area (Å²) in [6, 6.07) is 14.3. The molecule has 1 N–H and O–H groups in total. The molecule has 1 saturated carbocycles. The molecule has 4 fully saturated rings. The zero-order valence-corrected chi connectivity index (χ0v) is 30.8. The van der Waals surface area contributed by atoms with Crippen LogP contribution in [0.25, 0.3) is 0 Å². The first-order chi connectivity index (χ1) is 24.6. The van der Waals surface area contributed by atoms with E-state index in [-0.39, 0.29) is 54.3 Å². The lowest BCUT2D eigenvalue weighted by Crippen LogP contribution is -2.43. The Kier molecular flexibility index (Phi) is 13.3. The number of carbonyl (C=O) groups is 1. The van der Waals surface area contributed by atoms with Crippen LogP contribution in [-0.4, -0.2) is 87.6 Å². The maximum atomic E-state index is 14.4. The predicted molar refractivity (Wildman–Crippen MR) is 190 cm³/mol. The van der Waals surface area contributed by atoms with E-state index in [0.717, 1.165) is 57.1 Å². The average molecular weight is 730 g/mol. The molecule has 4 unspecified atom stereocenters. The van der Waals surface area contributed by atoms with E-state index >= 15 is 0 Å². The van der Waals surface area contributed by atoms with Gasteiger partial charge in [-0.2, -0.15) is 4.31 Å². The molecule has 0 amide bonds. The molecule has 4 aliphatic rings. The molecule has 2 aromatic rings. The number of nitrogens with zero attached hydrogens (tertiary/aromatic N) is 1. The summed E-state index contributed by atoms with van der Waals surface area (Å²) in [5, 5.41) is 11.8. The summed E-state index contributed by atoms with van der Waals surface area (Å²) in [6.45, 7) is 5.78. The van der Waals surface area contributed by atoms with Gasteiger partial charge in [-0.1, -0.05) is 44.2 Å². The van der Waals surface area contributed by atoms with Gasteiger partial charge in [-0.25, -0.2) is 8.42 Å². The van der Waals surface area contributed by atoms with Gasteiger partial charge in [0.15, 0.2) is 24.1 Å². The molecule has 7 atom stereocenters. The number of ether oxygens (including phenoxy) is 6. The van der Waals surface area contributed by atoms with Gasteiger partial charge in [0.05, 0.1) is 36.7 Å². The van der Waals surface area contributed by atoms with Gasteiger partial charge in [0, 0.05) is 50.9 Å². The van der Waals surface area contributed by atoms with Gasteiger partial charge in [-0.15, -0.1) is 0 Å². The number of hydrogen-bond donors (Lipinski definition) is 1. The third kappa shape index (κ3) is 10.4. The second kappa shape index (κ2) is 17.9. The van der Waals surface area contributed by atoms with Crippen LogP contribution in [0, 0.1) is 17.8 Å². The van der Waals surface area contributed by atoms with Crippen molar-refractivity contribution in [3.05, 3.63) is 54.1 Å². The Morgan fingerprint density at radius 3 is 2.22 bits per heavy atom. The number of hydrogen-bond acceptors (Lipinski definition) is 10. The van der Waals surface area contributed by atoms with E-state index < -0.39 is 34.6 Å². The lowest BCUT2D eigenvalue weighted by Gasteiger charge is -2.31. The van der Waals surface area contributed by atoms with Crippen molar-refractivity contribution in [2.45, 2.75) is 120 Å². The molecule has 2 aromatic carbocycles. The van der Waals surface area contributed by atoms with Gasteiger partial charge in [0.1, 0.15) is 6.10 Å². The summed E-state index contributed by atoms with van der Waals surface area (Å²) in [7, 11) is -4.13. The number of aliphatic hydroxyl groups excluding tert-OH is 1. The Morgan fingerprint density at radius 1 is 0.863 bits per heavy atom. The third-order valence-corrected chi connectivity index (χ3v) is 12.2. The standard InChI is InChI=1S/C39H55NO10S/c1-27(2)25-40(26-33(41)30(20-28-10-4-3-5-11-28)22-37(42)48-31-21-29-16-19-45-35(29)23-31)51(43,44)32-14-15-34(49-38-12-6-8-17-46-38)36(24-32)50-39-13-7-9-18-47-39/h3-5,10-11,14-15,24,27,29-31,33,35,38-39,41H,6-9,12-13,16-23,25-26H2,1-2H3/t29?,30-,31?,33-,35-,38?,39?/m1/s1. The van der Waals surface area contributed by atoms with E-state index in [0.29, 0.717) is 44.1 Å². The van der Waals surface area contributed by atoms with E-state index in [1.807, 2.05) is 44.2 Å². The van der Waals surface area contributed by atoms with Crippen LogP contribution in [0.4, 0.5) is 0 Å². The maximum Gasteiger partial charge on any atom is 0.306 e. The molecule has 3 saturated heterocycles. The lowest BCUT2D eigenvalue weighted by atomic mass is 9.90. The molecule has 12 heteroatoms. The summed E-state index contributed by atoms with van der Waals surface area (Å²) in [5.41, 5.74) is 0.945. The Bertz CT molecular complexity index is 1500. The molecule has 0 spiro atoms. The molecule has 3 heterocycles. The Morgan fingerprint density at radius 2 is 1.57 bits per heavy atom. The molecule has 51 heavy (non-hydrogen) atoms.